The summed E-state index contributed by atoms with van der Waals surface area (Å²) < 4.78 is 24.6. The van der Waals surface area contributed by atoms with Gasteiger partial charge in [-0.15, -0.1) is 0 Å². The van der Waals surface area contributed by atoms with Gasteiger partial charge < -0.3 is 5.32 Å². The molecule has 1 aliphatic heterocycles. The highest BCUT2D eigenvalue weighted by atomic mass is 32.2. The van der Waals surface area contributed by atoms with Crippen molar-refractivity contribution in [1.29, 1.82) is 0 Å². The molecule has 1 aliphatic rings. The molecule has 0 aromatic heterocycles. The fraction of sp³-hybridized carbons (Fsp3) is 0.409. The third-order valence-corrected chi connectivity index (χ3v) is 6.87. The molecule has 0 saturated carbocycles. The monoisotopic (exact) mass is 400 g/mol. The first-order valence-electron chi connectivity index (χ1n) is 9.88. The van der Waals surface area contributed by atoms with E-state index < -0.39 is 9.84 Å². The van der Waals surface area contributed by atoms with Gasteiger partial charge in [-0.1, -0.05) is 48.9 Å². The zero-order valence-corrected chi connectivity index (χ0v) is 17.0. The molecular formula is C22H28N2O3S. The summed E-state index contributed by atoms with van der Waals surface area (Å²) in [5.74, 6) is -0.426. The molecule has 1 N–H and O–H groups in total. The van der Waals surface area contributed by atoms with Gasteiger partial charge in [0.2, 0.25) is 5.91 Å². The zero-order valence-electron chi connectivity index (χ0n) is 16.1. The van der Waals surface area contributed by atoms with Crippen LogP contribution in [0.2, 0.25) is 0 Å². The number of nitrogens with one attached hydrogen (secondary N) is 1. The Hall–Kier alpha value is -2.18. The van der Waals surface area contributed by atoms with Gasteiger partial charge in [0.15, 0.2) is 9.84 Å². The minimum Gasteiger partial charge on any atom is -0.352 e. The van der Waals surface area contributed by atoms with Crippen LogP contribution in [0.3, 0.4) is 0 Å². The van der Waals surface area contributed by atoms with Gasteiger partial charge in [-0.2, -0.15) is 0 Å². The van der Waals surface area contributed by atoms with Crippen molar-refractivity contribution in [2.75, 3.05) is 18.8 Å². The molecule has 2 aromatic rings. The van der Waals surface area contributed by atoms with E-state index in [1.54, 1.807) is 30.3 Å². The molecule has 0 radical (unpaired) electrons. The Labute approximate surface area is 167 Å². The summed E-state index contributed by atoms with van der Waals surface area (Å²) in [6.45, 7) is 3.57. The number of carbonyl (C=O) groups excluding carboxylic acids is 1. The maximum atomic E-state index is 12.3. The van der Waals surface area contributed by atoms with Crippen LogP contribution in [0.4, 0.5) is 0 Å². The van der Waals surface area contributed by atoms with Crippen molar-refractivity contribution >= 4 is 15.7 Å². The van der Waals surface area contributed by atoms with Gasteiger partial charge in [0.25, 0.3) is 0 Å². The van der Waals surface area contributed by atoms with Crippen molar-refractivity contribution in [3.05, 3.63) is 65.7 Å². The SMILES string of the molecule is O=C(CCS(=O)(=O)c1ccccc1)NCc1ccccc1CN1CCCCC1. The van der Waals surface area contributed by atoms with Gasteiger partial charge in [-0.3, -0.25) is 9.69 Å². The van der Waals surface area contributed by atoms with Gasteiger partial charge >= 0.3 is 0 Å². The largest absolute Gasteiger partial charge is 0.352 e. The number of nitrogens with zero attached hydrogens (tertiary/aromatic N) is 1. The molecular weight excluding hydrogens is 372 g/mol. The molecule has 1 saturated heterocycles. The maximum absolute atomic E-state index is 12.3. The summed E-state index contributed by atoms with van der Waals surface area (Å²) in [4.78, 5) is 14.9. The van der Waals surface area contributed by atoms with E-state index in [0.29, 0.717) is 6.54 Å². The van der Waals surface area contributed by atoms with Crippen molar-refractivity contribution in [2.24, 2.45) is 0 Å². The molecule has 1 heterocycles. The minimum absolute atomic E-state index is 0.0362. The van der Waals surface area contributed by atoms with Crippen molar-refractivity contribution < 1.29 is 13.2 Å². The van der Waals surface area contributed by atoms with E-state index in [9.17, 15) is 13.2 Å². The number of piperidine rings is 1. The Morgan fingerprint density at radius 1 is 0.893 bits per heavy atom. The minimum atomic E-state index is -3.43. The fourth-order valence-corrected chi connectivity index (χ4v) is 4.76. The lowest BCUT2D eigenvalue weighted by Gasteiger charge is -2.27. The molecule has 150 valence electrons. The number of sulfone groups is 1. The van der Waals surface area contributed by atoms with Crippen LogP contribution in [0, 0.1) is 0 Å². The summed E-state index contributed by atoms with van der Waals surface area (Å²) in [5, 5.41) is 2.88. The Kier molecular flexibility index (Phi) is 7.23. The number of amides is 1. The van der Waals surface area contributed by atoms with Gasteiger partial charge in [-0.25, -0.2) is 8.42 Å². The summed E-state index contributed by atoms with van der Waals surface area (Å²) >= 11 is 0. The Morgan fingerprint density at radius 3 is 2.25 bits per heavy atom. The Balaban J connectivity index is 1.52. The second-order valence-corrected chi connectivity index (χ2v) is 9.37. The number of hydrogen-bond donors (Lipinski definition) is 1. The van der Waals surface area contributed by atoms with Crippen molar-refractivity contribution in [3.63, 3.8) is 0 Å². The lowest BCUT2D eigenvalue weighted by Crippen LogP contribution is -2.30. The molecule has 0 bridgehead atoms. The van der Waals surface area contributed by atoms with Crippen molar-refractivity contribution in [1.82, 2.24) is 10.2 Å². The maximum Gasteiger partial charge on any atom is 0.221 e. The highest BCUT2D eigenvalue weighted by Gasteiger charge is 2.16. The highest BCUT2D eigenvalue weighted by Crippen LogP contribution is 2.16. The summed E-state index contributed by atoms with van der Waals surface area (Å²) in [5.41, 5.74) is 2.31. The summed E-state index contributed by atoms with van der Waals surface area (Å²) in [7, 11) is -3.43. The van der Waals surface area contributed by atoms with Crippen LogP contribution in [0.15, 0.2) is 59.5 Å². The molecule has 0 aliphatic carbocycles. The second kappa shape index (κ2) is 9.85. The molecule has 3 rings (SSSR count). The average molecular weight is 401 g/mol. The van der Waals surface area contributed by atoms with Gasteiger partial charge in [0.1, 0.15) is 0 Å². The van der Waals surface area contributed by atoms with Crippen LogP contribution in [-0.2, 0) is 27.7 Å². The lowest BCUT2D eigenvalue weighted by atomic mass is 10.0. The number of hydrogen-bond acceptors (Lipinski definition) is 4. The van der Waals surface area contributed by atoms with E-state index in [4.69, 9.17) is 0 Å². The fourth-order valence-electron chi connectivity index (χ4n) is 3.50. The van der Waals surface area contributed by atoms with Crippen molar-refractivity contribution in [3.8, 4) is 0 Å². The zero-order chi connectivity index (χ0) is 19.8. The van der Waals surface area contributed by atoms with E-state index in [1.807, 2.05) is 18.2 Å². The van der Waals surface area contributed by atoms with Gasteiger partial charge in [0.05, 0.1) is 10.6 Å². The van der Waals surface area contributed by atoms with Gasteiger partial charge in [0, 0.05) is 19.5 Å². The topological polar surface area (TPSA) is 66.5 Å². The molecule has 0 atom stereocenters. The lowest BCUT2D eigenvalue weighted by molar-refractivity contribution is -0.120. The van der Waals surface area contributed by atoms with E-state index in [-0.39, 0.29) is 23.0 Å². The highest BCUT2D eigenvalue weighted by molar-refractivity contribution is 7.91. The molecule has 28 heavy (non-hydrogen) atoms. The smallest absolute Gasteiger partial charge is 0.221 e. The molecule has 1 fully saturated rings. The third kappa shape index (κ3) is 5.91. The molecule has 5 nitrogen and oxygen atoms in total. The predicted molar refractivity (Wildman–Crippen MR) is 111 cm³/mol. The standard InChI is InChI=1S/C22H28N2O3S/c25-22(13-16-28(26,27)21-11-3-1-4-12-21)23-17-19-9-5-6-10-20(19)18-24-14-7-2-8-15-24/h1,3-6,9-12H,2,7-8,13-18H2,(H,23,25). The molecule has 0 unspecified atom stereocenters. The molecule has 6 heteroatoms. The number of likely N-dealkylation sites (tertiary alicyclic amines) is 1. The van der Waals surface area contributed by atoms with Crippen LogP contribution in [-0.4, -0.2) is 38.1 Å². The van der Waals surface area contributed by atoms with Crippen LogP contribution in [0.25, 0.3) is 0 Å². The predicted octanol–water partition coefficient (Wildman–Crippen LogP) is 3.15. The molecule has 2 aromatic carbocycles. The molecule has 0 spiro atoms. The molecule has 1 amide bonds. The van der Waals surface area contributed by atoms with Crippen LogP contribution >= 0.6 is 0 Å². The first kappa shape index (κ1) is 20.6. The number of benzene rings is 2. The number of rotatable bonds is 8. The summed E-state index contributed by atoms with van der Waals surface area (Å²) in [6, 6.07) is 16.4. The Morgan fingerprint density at radius 2 is 1.54 bits per heavy atom. The van der Waals surface area contributed by atoms with Gasteiger partial charge in [-0.05, 0) is 49.2 Å². The van der Waals surface area contributed by atoms with E-state index in [1.165, 1.54) is 24.8 Å². The quantitative estimate of drug-likeness (QED) is 0.739. The van der Waals surface area contributed by atoms with E-state index >= 15 is 0 Å². The Bertz CT molecular complexity index is 876. The first-order chi connectivity index (χ1) is 13.5. The second-order valence-electron chi connectivity index (χ2n) is 7.26. The normalized spacial score (nSPS) is 15.3. The van der Waals surface area contributed by atoms with Crippen LogP contribution in [0.1, 0.15) is 36.8 Å². The first-order valence-corrected chi connectivity index (χ1v) is 11.5. The van der Waals surface area contributed by atoms with Crippen molar-refractivity contribution in [2.45, 2.75) is 43.7 Å². The van der Waals surface area contributed by atoms with Crippen LogP contribution in [0.5, 0.6) is 0 Å². The number of carbonyl (C=O) groups is 1. The van der Waals surface area contributed by atoms with E-state index in [2.05, 4.69) is 16.3 Å². The average Bonchev–Trinajstić information content (AvgIpc) is 2.73. The summed E-state index contributed by atoms with van der Waals surface area (Å²) in [6.07, 6.45) is 3.76. The third-order valence-electron chi connectivity index (χ3n) is 5.14. The van der Waals surface area contributed by atoms with Crippen LogP contribution < -0.4 is 5.32 Å². The van der Waals surface area contributed by atoms with E-state index in [0.717, 1.165) is 25.2 Å².